The number of guanidine groups is 1. The average molecular weight is 503 g/mol. The van der Waals surface area contributed by atoms with Crippen molar-refractivity contribution >= 4 is 35.8 Å². The highest BCUT2D eigenvalue weighted by molar-refractivity contribution is 14.0. The topological polar surface area (TPSA) is 96.2 Å². The quantitative estimate of drug-likeness (QED) is 0.206. The Morgan fingerprint density at radius 2 is 1.96 bits per heavy atom. The van der Waals surface area contributed by atoms with E-state index in [9.17, 15) is 4.79 Å². The van der Waals surface area contributed by atoms with Crippen LogP contribution in [0, 0.1) is 5.92 Å². The van der Waals surface area contributed by atoms with Crippen LogP contribution in [0.2, 0.25) is 0 Å². The van der Waals surface area contributed by atoms with Crippen molar-refractivity contribution in [2.24, 2.45) is 10.9 Å². The number of fused-ring (bicyclic) bond motifs is 1. The predicted molar refractivity (Wildman–Crippen MR) is 121 cm³/mol. The fraction of sp³-hybridized carbons (Fsp3) is 0.789. The van der Waals surface area contributed by atoms with Crippen LogP contribution in [0.3, 0.4) is 0 Å². The number of nitrogens with zero attached hydrogens (tertiary/aromatic N) is 4. The molecule has 1 aliphatic carbocycles. The van der Waals surface area contributed by atoms with Gasteiger partial charge in [0.15, 0.2) is 5.96 Å². The molecule has 2 aliphatic rings. The van der Waals surface area contributed by atoms with Gasteiger partial charge in [-0.2, -0.15) is 0 Å². The number of hydrogen-bond acceptors (Lipinski definition) is 4. The Morgan fingerprint density at radius 3 is 2.75 bits per heavy atom. The molecule has 8 nitrogen and oxygen atoms in total. The number of carbonyl (C=O) groups excluding carboxylic acids is 1. The zero-order valence-electron chi connectivity index (χ0n) is 16.9. The number of rotatable bonds is 9. The normalized spacial score (nSPS) is 16.5. The van der Waals surface area contributed by atoms with Gasteiger partial charge in [-0.15, -0.1) is 34.2 Å². The lowest BCUT2D eigenvalue weighted by Gasteiger charge is -2.12. The zero-order valence-corrected chi connectivity index (χ0v) is 19.2. The van der Waals surface area contributed by atoms with Gasteiger partial charge in [-0.05, 0) is 39.0 Å². The van der Waals surface area contributed by atoms with Crippen LogP contribution in [0.5, 0.6) is 0 Å². The minimum absolute atomic E-state index is 0. The number of aliphatic imine (C=N–C) groups is 1. The van der Waals surface area contributed by atoms with Crippen molar-refractivity contribution < 1.29 is 4.79 Å². The minimum Gasteiger partial charge on any atom is -0.357 e. The van der Waals surface area contributed by atoms with E-state index in [2.05, 4.69) is 42.6 Å². The molecule has 1 fully saturated rings. The van der Waals surface area contributed by atoms with Gasteiger partial charge in [-0.3, -0.25) is 9.79 Å². The zero-order chi connectivity index (χ0) is 18.9. The van der Waals surface area contributed by atoms with E-state index in [-0.39, 0.29) is 35.8 Å². The Morgan fingerprint density at radius 1 is 1.14 bits per heavy atom. The van der Waals surface area contributed by atoms with Crippen LogP contribution < -0.4 is 16.0 Å². The molecule has 0 aromatic carbocycles. The summed E-state index contributed by atoms with van der Waals surface area (Å²) in [6.45, 7) is 5.98. The molecule has 1 amide bonds. The van der Waals surface area contributed by atoms with Crippen molar-refractivity contribution in [2.75, 3.05) is 26.2 Å². The minimum atomic E-state index is 0. The van der Waals surface area contributed by atoms with Crippen LogP contribution in [0.1, 0.15) is 57.1 Å². The van der Waals surface area contributed by atoms with E-state index in [1.165, 1.54) is 19.3 Å². The molecule has 2 heterocycles. The molecule has 0 radical (unpaired) electrons. The van der Waals surface area contributed by atoms with E-state index < -0.39 is 0 Å². The lowest BCUT2D eigenvalue weighted by Crippen LogP contribution is -2.41. The Hall–Kier alpha value is -1.39. The van der Waals surface area contributed by atoms with E-state index >= 15 is 0 Å². The van der Waals surface area contributed by atoms with Crippen LogP contribution >= 0.6 is 24.0 Å². The molecule has 28 heavy (non-hydrogen) atoms. The molecule has 0 saturated heterocycles. The molecular weight excluding hydrogens is 469 g/mol. The Kier molecular flexibility index (Phi) is 10.0. The van der Waals surface area contributed by atoms with Crippen LogP contribution in [0.15, 0.2) is 4.99 Å². The van der Waals surface area contributed by atoms with Gasteiger partial charge in [0.25, 0.3) is 0 Å². The van der Waals surface area contributed by atoms with Gasteiger partial charge in [0.1, 0.15) is 11.6 Å². The van der Waals surface area contributed by atoms with Crippen LogP contribution in [-0.4, -0.2) is 52.8 Å². The number of halogens is 1. The van der Waals surface area contributed by atoms with E-state index in [1.54, 1.807) is 0 Å². The number of carbonyl (C=O) groups is 1. The molecule has 0 unspecified atom stereocenters. The fourth-order valence-corrected chi connectivity index (χ4v) is 3.36. The van der Waals surface area contributed by atoms with Crippen LogP contribution in [0.25, 0.3) is 0 Å². The standard InChI is InChI=1S/C19H33N7O.HI/c1-2-20-19(23-13-12-21-18(27)15-9-10-15)22-11-6-8-17-25-24-16-7-4-3-5-14-26(16)17;/h15H,2-14H2,1H3,(H,21,27)(H2,20,22,23);1H. The Labute approximate surface area is 184 Å². The average Bonchev–Trinajstić information content (AvgIpc) is 3.48. The molecule has 3 N–H and O–H groups in total. The number of nitrogens with one attached hydrogen (secondary N) is 3. The molecule has 158 valence electrons. The summed E-state index contributed by atoms with van der Waals surface area (Å²) >= 11 is 0. The first-order chi connectivity index (χ1) is 13.3. The summed E-state index contributed by atoms with van der Waals surface area (Å²) in [7, 11) is 0. The molecule has 1 saturated carbocycles. The largest absolute Gasteiger partial charge is 0.357 e. The Bertz CT molecular complexity index is 642. The highest BCUT2D eigenvalue weighted by Gasteiger charge is 2.28. The smallest absolute Gasteiger partial charge is 0.223 e. The third-order valence-corrected chi connectivity index (χ3v) is 5.02. The maximum atomic E-state index is 11.6. The third kappa shape index (κ3) is 7.21. The maximum Gasteiger partial charge on any atom is 0.223 e. The Balaban J connectivity index is 0.00000280. The highest BCUT2D eigenvalue weighted by Crippen LogP contribution is 2.28. The van der Waals surface area contributed by atoms with Gasteiger partial charge in [0.2, 0.25) is 5.91 Å². The summed E-state index contributed by atoms with van der Waals surface area (Å²) in [5, 5.41) is 18.2. The van der Waals surface area contributed by atoms with Crippen LogP contribution in [-0.2, 0) is 24.2 Å². The summed E-state index contributed by atoms with van der Waals surface area (Å²) in [6, 6.07) is 0. The molecule has 1 aromatic heterocycles. The summed E-state index contributed by atoms with van der Waals surface area (Å²) in [5.41, 5.74) is 0. The number of aromatic nitrogens is 3. The van der Waals surface area contributed by atoms with Crippen molar-refractivity contribution in [3.05, 3.63) is 11.6 Å². The number of amides is 1. The third-order valence-electron chi connectivity index (χ3n) is 5.02. The summed E-state index contributed by atoms with van der Waals surface area (Å²) < 4.78 is 2.31. The van der Waals surface area contributed by atoms with E-state index in [0.717, 1.165) is 69.3 Å². The molecular formula is C19H34IN7O. The van der Waals surface area contributed by atoms with E-state index in [0.29, 0.717) is 13.1 Å². The van der Waals surface area contributed by atoms with Crippen molar-refractivity contribution in [1.82, 2.24) is 30.7 Å². The van der Waals surface area contributed by atoms with E-state index in [4.69, 9.17) is 0 Å². The lowest BCUT2D eigenvalue weighted by atomic mass is 10.2. The second-order valence-electron chi connectivity index (χ2n) is 7.35. The van der Waals surface area contributed by atoms with E-state index in [1.807, 2.05) is 0 Å². The highest BCUT2D eigenvalue weighted by atomic mass is 127. The molecule has 1 aromatic rings. The monoisotopic (exact) mass is 503 g/mol. The molecule has 9 heteroatoms. The molecule has 0 spiro atoms. The van der Waals surface area contributed by atoms with Crippen LogP contribution in [0.4, 0.5) is 0 Å². The van der Waals surface area contributed by atoms with Crippen molar-refractivity contribution in [3.8, 4) is 0 Å². The van der Waals surface area contributed by atoms with Gasteiger partial charge >= 0.3 is 0 Å². The number of hydrogen-bond donors (Lipinski definition) is 3. The first-order valence-electron chi connectivity index (χ1n) is 10.5. The second kappa shape index (κ2) is 12.2. The van der Waals surface area contributed by atoms with Gasteiger partial charge < -0.3 is 20.5 Å². The van der Waals surface area contributed by atoms with Gasteiger partial charge in [0.05, 0.1) is 0 Å². The summed E-state index contributed by atoms with van der Waals surface area (Å²) in [4.78, 5) is 16.3. The van der Waals surface area contributed by atoms with Gasteiger partial charge in [-0.25, -0.2) is 0 Å². The first kappa shape index (κ1) is 22.9. The molecule has 0 bridgehead atoms. The summed E-state index contributed by atoms with van der Waals surface area (Å²) in [5.74, 6) is 3.50. The van der Waals surface area contributed by atoms with Crippen molar-refractivity contribution in [3.63, 3.8) is 0 Å². The maximum absolute atomic E-state index is 11.6. The van der Waals surface area contributed by atoms with Crippen molar-refractivity contribution in [1.29, 1.82) is 0 Å². The predicted octanol–water partition coefficient (Wildman–Crippen LogP) is 1.64. The molecule has 1 aliphatic heterocycles. The number of aryl methyl sites for hydroxylation is 2. The SMILES string of the molecule is CCNC(=NCCCc1nnc2n1CCCCC2)NCCNC(=O)C1CC1.I. The first-order valence-corrected chi connectivity index (χ1v) is 10.5. The van der Waals surface area contributed by atoms with Gasteiger partial charge in [0, 0.05) is 51.5 Å². The van der Waals surface area contributed by atoms with Crippen molar-refractivity contribution in [2.45, 2.75) is 64.8 Å². The fourth-order valence-electron chi connectivity index (χ4n) is 3.36. The molecule has 0 atom stereocenters. The molecule has 3 rings (SSSR count). The lowest BCUT2D eigenvalue weighted by molar-refractivity contribution is -0.122. The second-order valence-corrected chi connectivity index (χ2v) is 7.35. The van der Waals surface area contributed by atoms with Gasteiger partial charge in [-0.1, -0.05) is 6.42 Å². The summed E-state index contributed by atoms with van der Waals surface area (Å²) in [6.07, 6.45) is 8.73.